The summed E-state index contributed by atoms with van der Waals surface area (Å²) < 4.78 is 22.9. The Morgan fingerprint density at radius 1 is 1.45 bits per heavy atom. The zero-order valence-corrected chi connectivity index (χ0v) is 11.2. The molecule has 1 atom stereocenters. The number of methoxy groups -OCH3 is 1. The molecule has 20 heavy (non-hydrogen) atoms. The molecular weight excluding hydrogens is 263 g/mol. The summed E-state index contributed by atoms with van der Waals surface area (Å²) in [6, 6.07) is 7.15. The highest BCUT2D eigenvalue weighted by Gasteiger charge is 2.15. The summed E-state index contributed by atoms with van der Waals surface area (Å²) in [5.74, 6) is -0.263. The Balaban J connectivity index is 2.08. The fourth-order valence-electron chi connectivity index (χ4n) is 1.72. The van der Waals surface area contributed by atoms with Crippen LogP contribution in [0.3, 0.4) is 0 Å². The molecule has 1 aromatic carbocycles. The molecule has 0 radical (unpaired) electrons. The molecule has 2 aromatic rings. The van der Waals surface area contributed by atoms with Gasteiger partial charge in [0.2, 0.25) is 0 Å². The van der Waals surface area contributed by atoms with Crippen LogP contribution < -0.4 is 5.32 Å². The molecule has 0 aliphatic rings. The number of halogens is 1. The Hall–Kier alpha value is -2.21. The standard InChI is InChI=1S/C14H15FN2O3/c1-9(8-19-2)16-14(18)12-7-13(20-17-12)10-3-5-11(15)6-4-10/h3-7,9H,8H2,1-2H3,(H,16,18). The van der Waals surface area contributed by atoms with Crippen LogP contribution in [0.15, 0.2) is 34.9 Å². The van der Waals surface area contributed by atoms with Crippen molar-refractivity contribution >= 4 is 5.91 Å². The fraction of sp³-hybridized carbons (Fsp3) is 0.286. The van der Waals surface area contributed by atoms with E-state index < -0.39 is 0 Å². The molecule has 0 aliphatic carbocycles. The Morgan fingerprint density at radius 2 is 2.15 bits per heavy atom. The van der Waals surface area contributed by atoms with Crippen LogP contribution >= 0.6 is 0 Å². The molecule has 1 N–H and O–H groups in total. The summed E-state index contributed by atoms with van der Waals surface area (Å²) in [5.41, 5.74) is 0.829. The van der Waals surface area contributed by atoms with Crippen LogP contribution in [0.2, 0.25) is 0 Å². The molecule has 0 spiro atoms. The number of carbonyl (C=O) groups is 1. The summed E-state index contributed by atoms with van der Waals surface area (Å²) >= 11 is 0. The van der Waals surface area contributed by atoms with Crippen molar-refractivity contribution in [2.24, 2.45) is 0 Å². The lowest BCUT2D eigenvalue weighted by Crippen LogP contribution is -2.35. The predicted octanol–water partition coefficient (Wildman–Crippen LogP) is 2.25. The van der Waals surface area contributed by atoms with Crippen LogP contribution in [0.5, 0.6) is 0 Å². The van der Waals surface area contributed by atoms with E-state index in [0.717, 1.165) is 0 Å². The van der Waals surface area contributed by atoms with E-state index in [1.165, 1.54) is 18.2 Å². The van der Waals surface area contributed by atoms with Crippen molar-refractivity contribution in [1.82, 2.24) is 10.5 Å². The second kappa shape index (κ2) is 6.29. The molecule has 0 fully saturated rings. The van der Waals surface area contributed by atoms with Crippen molar-refractivity contribution in [1.29, 1.82) is 0 Å². The maximum atomic E-state index is 12.8. The molecule has 0 aliphatic heterocycles. The van der Waals surface area contributed by atoms with E-state index in [9.17, 15) is 9.18 Å². The number of ether oxygens (including phenoxy) is 1. The van der Waals surface area contributed by atoms with Crippen LogP contribution in [0, 0.1) is 5.82 Å². The first-order valence-electron chi connectivity index (χ1n) is 6.12. The largest absolute Gasteiger partial charge is 0.383 e. The van der Waals surface area contributed by atoms with Crippen molar-refractivity contribution in [2.45, 2.75) is 13.0 Å². The van der Waals surface area contributed by atoms with Crippen LogP contribution in [0.25, 0.3) is 11.3 Å². The number of aromatic nitrogens is 1. The monoisotopic (exact) mass is 278 g/mol. The number of nitrogens with zero attached hydrogens (tertiary/aromatic N) is 1. The third-order valence-electron chi connectivity index (χ3n) is 2.67. The molecule has 6 heteroatoms. The first-order chi connectivity index (χ1) is 9.60. The number of benzene rings is 1. The van der Waals surface area contributed by atoms with Gasteiger partial charge in [-0.15, -0.1) is 0 Å². The quantitative estimate of drug-likeness (QED) is 0.911. The minimum Gasteiger partial charge on any atom is -0.383 e. The average molecular weight is 278 g/mol. The van der Waals surface area contributed by atoms with Gasteiger partial charge in [0.1, 0.15) is 5.82 Å². The third-order valence-corrected chi connectivity index (χ3v) is 2.67. The molecule has 1 aromatic heterocycles. The molecule has 1 unspecified atom stereocenters. The molecule has 0 bridgehead atoms. The van der Waals surface area contributed by atoms with Crippen molar-refractivity contribution in [3.63, 3.8) is 0 Å². The van der Waals surface area contributed by atoms with Gasteiger partial charge in [-0.2, -0.15) is 0 Å². The lowest BCUT2D eigenvalue weighted by atomic mass is 10.1. The van der Waals surface area contributed by atoms with Gasteiger partial charge in [-0.3, -0.25) is 4.79 Å². The highest BCUT2D eigenvalue weighted by Crippen LogP contribution is 2.20. The van der Waals surface area contributed by atoms with E-state index >= 15 is 0 Å². The zero-order valence-electron chi connectivity index (χ0n) is 11.2. The normalized spacial score (nSPS) is 12.2. The minimum atomic E-state index is -0.341. The van der Waals surface area contributed by atoms with Gasteiger partial charge in [0.05, 0.1) is 6.61 Å². The van der Waals surface area contributed by atoms with Gasteiger partial charge < -0.3 is 14.6 Å². The molecule has 1 amide bonds. The first-order valence-corrected chi connectivity index (χ1v) is 6.12. The van der Waals surface area contributed by atoms with Crippen molar-refractivity contribution < 1.29 is 18.4 Å². The van der Waals surface area contributed by atoms with E-state index in [0.29, 0.717) is 17.9 Å². The molecular formula is C14H15FN2O3. The number of nitrogens with one attached hydrogen (secondary N) is 1. The third kappa shape index (κ3) is 3.42. The minimum absolute atomic E-state index is 0.126. The smallest absolute Gasteiger partial charge is 0.273 e. The van der Waals surface area contributed by atoms with Crippen LogP contribution in [-0.4, -0.2) is 30.8 Å². The molecule has 2 rings (SSSR count). The Labute approximate surface area is 115 Å². The van der Waals surface area contributed by atoms with Gasteiger partial charge in [0.15, 0.2) is 11.5 Å². The van der Waals surface area contributed by atoms with Crippen LogP contribution in [-0.2, 0) is 4.74 Å². The number of amides is 1. The molecule has 5 nitrogen and oxygen atoms in total. The molecule has 106 valence electrons. The summed E-state index contributed by atoms with van der Waals surface area (Å²) in [6.45, 7) is 2.23. The van der Waals surface area contributed by atoms with E-state index in [-0.39, 0.29) is 23.5 Å². The second-order valence-electron chi connectivity index (χ2n) is 4.41. The van der Waals surface area contributed by atoms with Gasteiger partial charge in [0, 0.05) is 24.8 Å². The lowest BCUT2D eigenvalue weighted by Gasteiger charge is -2.10. The SMILES string of the molecule is COCC(C)NC(=O)c1cc(-c2ccc(F)cc2)on1. The van der Waals surface area contributed by atoms with E-state index in [4.69, 9.17) is 9.26 Å². The summed E-state index contributed by atoms with van der Waals surface area (Å²) in [6.07, 6.45) is 0. The summed E-state index contributed by atoms with van der Waals surface area (Å²) in [4.78, 5) is 11.9. The lowest BCUT2D eigenvalue weighted by molar-refractivity contribution is 0.0896. The summed E-state index contributed by atoms with van der Waals surface area (Å²) in [7, 11) is 1.56. The van der Waals surface area contributed by atoms with Crippen molar-refractivity contribution in [2.75, 3.05) is 13.7 Å². The predicted molar refractivity (Wildman–Crippen MR) is 70.7 cm³/mol. The van der Waals surface area contributed by atoms with Crippen LogP contribution in [0.4, 0.5) is 4.39 Å². The Bertz CT molecular complexity index is 580. The van der Waals surface area contributed by atoms with Crippen molar-refractivity contribution in [3.8, 4) is 11.3 Å². The maximum Gasteiger partial charge on any atom is 0.273 e. The van der Waals surface area contributed by atoms with Gasteiger partial charge in [-0.1, -0.05) is 5.16 Å². The van der Waals surface area contributed by atoms with Crippen molar-refractivity contribution in [3.05, 3.63) is 41.8 Å². The maximum absolute atomic E-state index is 12.8. The number of hydrogen-bond donors (Lipinski definition) is 1. The first kappa shape index (κ1) is 14.2. The highest BCUT2D eigenvalue weighted by molar-refractivity contribution is 5.93. The zero-order chi connectivity index (χ0) is 14.5. The van der Waals surface area contributed by atoms with Gasteiger partial charge in [-0.05, 0) is 31.2 Å². The highest BCUT2D eigenvalue weighted by atomic mass is 19.1. The van der Waals surface area contributed by atoms with Gasteiger partial charge in [-0.25, -0.2) is 4.39 Å². The molecule has 1 heterocycles. The topological polar surface area (TPSA) is 64.4 Å². The van der Waals surface area contributed by atoms with Crippen LogP contribution in [0.1, 0.15) is 17.4 Å². The number of carbonyl (C=O) groups excluding carboxylic acids is 1. The molecule has 0 saturated heterocycles. The van der Waals surface area contributed by atoms with E-state index in [1.54, 1.807) is 19.2 Å². The Morgan fingerprint density at radius 3 is 2.80 bits per heavy atom. The number of rotatable bonds is 5. The van der Waals surface area contributed by atoms with Gasteiger partial charge >= 0.3 is 0 Å². The van der Waals surface area contributed by atoms with E-state index in [1.807, 2.05) is 6.92 Å². The van der Waals surface area contributed by atoms with E-state index in [2.05, 4.69) is 10.5 Å². The van der Waals surface area contributed by atoms with Gasteiger partial charge in [0.25, 0.3) is 5.91 Å². The molecule has 0 saturated carbocycles. The fourth-order valence-corrected chi connectivity index (χ4v) is 1.72. The number of hydrogen-bond acceptors (Lipinski definition) is 4. The summed E-state index contributed by atoms with van der Waals surface area (Å²) in [5, 5.41) is 6.43. The Kier molecular flexibility index (Phi) is 4.47. The average Bonchev–Trinajstić information content (AvgIpc) is 2.89. The second-order valence-corrected chi connectivity index (χ2v) is 4.41.